The van der Waals surface area contributed by atoms with Crippen molar-refractivity contribution in [3.63, 3.8) is 0 Å². The summed E-state index contributed by atoms with van der Waals surface area (Å²) in [4.78, 5) is 39.2. The van der Waals surface area contributed by atoms with E-state index in [2.05, 4.69) is 5.32 Å². The van der Waals surface area contributed by atoms with Crippen molar-refractivity contribution in [2.75, 3.05) is 37.6 Å². The van der Waals surface area contributed by atoms with E-state index in [1.807, 2.05) is 30.6 Å². The Labute approximate surface area is 170 Å². The molecule has 3 rings (SSSR count). The van der Waals surface area contributed by atoms with Crippen LogP contribution in [0.2, 0.25) is 0 Å². The lowest BCUT2D eigenvalue weighted by atomic mass is 9.90. The first-order valence-electron chi connectivity index (χ1n) is 9.95. The Bertz CT molecular complexity index is 798. The lowest BCUT2D eigenvalue weighted by Crippen LogP contribution is -2.49. The molecule has 29 heavy (non-hydrogen) atoms. The number of carbonyl (C=O) groups excluding carboxylic acids is 3. The zero-order chi connectivity index (χ0) is 21.2. The van der Waals surface area contributed by atoms with E-state index in [4.69, 9.17) is 4.74 Å². The van der Waals surface area contributed by atoms with E-state index in [9.17, 15) is 18.8 Å². The molecule has 7 nitrogen and oxygen atoms in total. The molecular weight excluding hydrogens is 377 g/mol. The lowest BCUT2D eigenvalue weighted by Gasteiger charge is -2.36. The van der Waals surface area contributed by atoms with Gasteiger partial charge in [0.05, 0.1) is 18.2 Å². The van der Waals surface area contributed by atoms with Crippen LogP contribution in [0.4, 0.5) is 10.1 Å². The number of carbonyl (C=O) groups is 3. The summed E-state index contributed by atoms with van der Waals surface area (Å²) < 4.78 is 20.1. The van der Waals surface area contributed by atoms with Crippen LogP contribution in [0.3, 0.4) is 0 Å². The number of nitrogens with zero attached hydrogens (tertiary/aromatic N) is 2. The summed E-state index contributed by atoms with van der Waals surface area (Å²) in [7, 11) is 0. The smallest absolute Gasteiger partial charge is 0.320 e. The Morgan fingerprint density at radius 2 is 1.90 bits per heavy atom. The van der Waals surface area contributed by atoms with Gasteiger partial charge in [-0.05, 0) is 44.9 Å². The van der Waals surface area contributed by atoms with Gasteiger partial charge >= 0.3 is 5.97 Å². The average molecular weight is 405 g/mol. The number of imide groups is 1. The number of ether oxygens (including phenoxy) is 1. The predicted octanol–water partition coefficient (Wildman–Crippen LogP) is 1.81. The van der Waals surface area contributed by atoms with E-state index in [0.717, 1.165) is 0 Å². The molecule has 0 saturated carbocycles. The first-order valence-corrected chi connectivity index (χ1v) is 9.95. The first-order chi connectivity index (χ1) is 13.6. The highest BCUT2D eigenvalue weighted by Gasteiger charge is 2.29. The van der Waals surface area contributed by atoms with Gasteiger partial charge < -0.3 is 9.64 Å². The standard InChI is InChI=1S/C21H28FN3O4/c1-21(2,3)29-19(27)13-24-8-10-25(11-9-24)17-6-4-14(12-16(17)22)15-5-7-18(26)23-20(15)28/h4,6,12,15H,5,7-11,13H2,1-3H3,(H,23,26,28). The highest BCUT2D eigenvalue weighted by atomic mass is 19.1. The minimum absolute atomic E-state index is 0.224. The molecule has 0 bridgehead atoms. The van der Waals surface area contributed by atoms with Gasteiger partial charge in [-0.2, -0.15) is 0 Å². The third kappa shape index (κ3) is 5.53. The number of nitrogens with one attached hydrogen (secondary N) is 1. The van der Waals surface area contributed by atoms with E-state index in [-0.39, 0.29) is 36.6 Å². The Morgan fingerprint density at radius 1 is 1.21 bits per heavy atom. The zero-order valence-corrected chi connectivity index (χ0v) is 17.2. The third-order valence-corrected chi connectivity index (χ3v) is 5.10. The number of hydrogen-bond acceptors (Lipinski definition) is 6. The molecule has 2 saturated heterocycles. The van der Waals surface area contributed by atoms with Gasteiger partial charge in [0.2, 0.25) is 11.8 Å². The number of benzene rings is 1. The lowest BCUT2D eigenvalue weighted by molar-refractivity contribution is -0.156. The molecule has 0 spiro atoms. The maximum absolute atomic E-state index is 14.8. The van der Waals surface area contributed by atoms with Gasteiger partial charge in [-0.1, -0.05) is 6.07 Å². The fourth-order valence-electron chi connectivity index (χ4n) is 3.71. The summed E-state index contributed by atoms with van der Waals surface area (Å²) in [5, 5.41) is 2.31. The van der Waals surface area contributed by atoms with Gasteiger partial charge in [-0.15, -0.1) is 0 Å². The molecule has 1 aromatic carbocycles. The highest BCUT2D eigenvalue weighted by Crippen LogP contribution is 2.29. The van der Waals surface area contributed by atoms with Crippen molar-refractivity contribution in [2.45, 2.75) is 45.1 Å². The second-order valence-corrected chi connectivity index (χ2v) is 8.56. The van der Waals surface area contributed by atoms with Crippen LogP contribution in [0, 0.1) is 5.82 Å². The number of amides is 2. The van der Waals surface area contributed by atoms with Gasteiger partial charge in [0.1, 0.15) is 11.4 Å². The molecule has 1 N–H and O–H groups in total. The molecule has 2 amide bonds. The average Bonchev–Trinajstić information content (AvgIpc) is 2.61. The van der Waals surface area contributed by atoms with Crippen LogP contribution < -0.4 is 10.2 Å². The largest absolute Gasteiger partial charge is 0.459 e. The molecule has 0 radical (unpaired) electrons. The van der Waals surface area contributed by atoms with Crippen LogP contribution in [-0.2, 0) is 19.1 Å². The molecule has 8 heteroatoms. The number of esters is 1. The summed E-state index contributed by atoms with van der Waals surface area (Å²) in [6.45, 7) is 8.19. The Morgan fingerprint density at radius 3 is 2.48 bits per heavy atom. The summed E-state index contributed by atoms with van der Waals surface area (Å²) in [5.41, 5.74) is 0.560. The van der Waals surface area contributed by atoms with Crippen molar-refractivity contribution < 1.29 is 23.5 Å². The van der Waals surface area contributed by atoms with Crippen molar-refractivity contribution in [3.05, 3.63) is 29.6 Å². The molecule has 0 aliphatic carbocycles. The summed E-state index contributed by atoms with van der Waals surface area (Å²) >= 11 is 0. The van der Waals surface area contributed by atoms with Crippen LogP contribution in [-0.4, -0.2) is 61.0 Å². The van der Waals surface area contributed by atoms with E-state index in [1.54, 1.807) is 12.1 Å². The van der Waals surface area contributed by atoms with Crippen molar-refractivity contribution in [3.8, 4) is 0 Å². The van der Waals surface area contributed by atoms with Crippen LogP contribution >= 0.6 is 0 Å². The first kappa shape index (κ1) is 21.2. The number of hydrogen-bond donors (Lipinski definition) is 1. The SMILES string of the molecule is CC(C)(C)OC(=O)CN1CCN(c2ccc(C3CCC(=O)NC3=O)cc2F)CC1. The molecule has 1 aromatic rings. The van der Waals surface area contributed by atoms with Crippen molar-refractivity contribution in [1.82, 2.24) is 10.2 Å². The predicted molar refractivity (Wildman–Crippen MR) is 106 cm³/mol. The van der Waals surface area contributed by atoms with Crippen LogP contribution in [0.1, 0.15) is 45.1 Å². The molecule has 2 aliphatic heterocycles. The monoisotopic (exact) mass is 405 g/mol. The summed E-state index contributed by atoms with van der Waals surface area (Å²) in [6, 6.07) is 4.84. The normalized spacial score (nSPS) is 21.1. The molecule has 158 valence electrons. The molecule has 2 fully saturated rings. The minimum Gasteiger partial charge on any atom is -0.459 e. The topological polar surface area (TPSA) is 79.0 Å². The van der Waals surface area contributed by atoms with Crippen LogP contribution in [0.5, 0.6) is 0 Å². The molecular formula is C21H28FN3O4. The molecule has 1 unspecified atom stereocenters. The van der Waals surface area contributed by atoms with Gasteiger partial charge in [0, 0.05) is 32.6 Å². The molecule has 0 aromatic heterocycles. The second kappa shape index (κ2) is 8.49. The van der Waals surface area contributed by atoms with E-state index >= 15 is 0 Å². The fourth-order valence-corrected chi connectivity index (χ4v) is 3.71. The minimum atomic E-state index is -0.508. The van der Waals surface area contributed by atoms with Gasteiger partial charge in [-0.25, -0.2) is 4.39 Å². The Kier molecular flexibility index (Phi) is 6.21. The number of piperazine rings is 1. The van der Waals surface area contributed by atoms with E-state index in [1.165, 1.54) is 6.07 Å². The van der Waals surface area contributed by atoms with Crippen LogP contribution in [0.25, 0.3) is 0 Å². The fraction of sp³-hybridized carbons (Fsp3) is 0.571. The summed E-state index contributed by atoms with van der Waals surface area (Å²) in [5.74, 6) is -1.79. The van der Waals surface area contributed by atoms with Crippen LogP contribution in [0.15, 0.2) is 18.2 Å². The quantitative estimate of drug-likeness (QED) is 0.608. The molecule has 2 heterocycles. The van der Waals surface area contributed by atoms with Gasteiger partial charge in [-0.3, -0.25) is 24.6 Å². The number of anilines is 1. The maximum atomic E-state index is 14.8. The summed E-state index contributed by atoms with van der Waals surface area (Å²) in [6.07, 6.45) is 0.659. The number of halogens is 1. The second-order valence-electron chi connectivity index (χ2n) is 8.56. The number of piperidine rings is 1. The Hall–Kier alpha value is -2.48. The zero-order valence-electron chi connectivity index (χ0n) is 17.2. The maximum Gasteiger partial charge on any atom is 0.320 e. The van der Waals surface area contributed by atoms with Gasteiger partial charge in [0.25, 0.3) is 0 Å². The van der Waals surface area contributed by atoms with E-state index < -0.39 is 11.5 Å². The van der Waals surface area contributed by atoms with Crippen molar-refractivity contribution in [2.24, 2.45) is 0 Å². The van der Waals surface area contributed by atoms with Gasteiger partial charge in [0.15, 0.2) is 0 Å². The van der Waals surface area contributed by atoms with Crippen molar-refractivity contribution in [1.29, 1.82) is 0 Å². The highest BCUT2D eigenvalue weighted by molar-refractivity contribution is 6.00. The number of rotatable bonds is 4. The Balaban J connectivity index is 1.58. The third-order valence-electron chi connectivity index (χ3n) is 5.10. The molecule has 2 aliphatic rings. The van der Waals surface area contributed by atoms with E-state index in [0.29, 0.717) is 43.9 Å². The van der Waals surface area contributed by atoms with Crippen molar-refractivity contribution >= 4 is 23.5 Å². The molecule has 1 atom stereocenters.